The van der Waals surface area contributed by atoms with E-state index in [0.717, 1.165) is 11.1 Å². The van der Waals surface area contributed by atoms with Crippen LogP contribution in [0.25, 0.3) is 0 Å². The van der Waals surface area contributed by atoms with Crippen molar-refractivity contribution in [2.45, 2.75) is 24.8 Å². The molecule has 1 atom stereocenters. The van der Waals surface area contributed by atoms with Gasteiger partial charge in [-0.2, -0.15) is 0 Å². The lowest BCUT2D eigenvalue weighted by atomic mass is 9.98. The molecule has 0 unspecified atom stereocenters. The zero-order valence-electron chi connectivity index (χ0n) is 13.8. The number of fused-ring (bicyclic) bond motifs is 1. The predicted molar refractivity (Wildman–Crippen MR) is 94.4 cm³/mol. The van der Waals surface area contributed by atoms with Gasteiger partial charge in [0, 0.05) is 13.0 Å². The summed E-state index contributed by atoms with van der Waals surface area (Å²) in [5.74, 6) is -1.11. The van der Waals surface area contributed by atoms with Crippen LogP contribution in [0.2, 0.25) is 0 Å². The highest BCUT2D eigenvalue weighted by Gasteiger charge is 2.30. The molecule has 0 aromatic heterocycles. The predicted octanol–water partition coefficient (Wildman–Crippen LogP) is 0.873. The number of primary sulfonamides is 1. The largest absolute Gasteiger partial charge is 0.448 e. The molecule has 26 heavy (non-hydrogen) atoms. The monoisotopic (exact) mass is 374 g/mol. The third-order valence-electron chi connectivity index (χ3n) is 4.04. The Balaban J connectivity index is 1.59. The fourth-order valence-corrected chi connectivity index (χ4v) is 3.42. The maximum Gasteiger partial charge on any atom is 0.339 e. The lowest BCUT2D eigenvalue weighted by Crippen LogP contribution is -2.41. The van der Waals surface area contributed by atoms with E-state index >= 15 is 0 Å². The number of carbonyl (C=O) groups excluding carboxylic acids is 2. The molecule has 1 aliphatic rings. The lowest BCUT2D eigenvalue weighted by molar-refractivity contribution is -0.130. The summed E-state index contributed by atoms with van der Waals surface area (Å²) in [6.07, 6.45) is -0.528. The molecule has 0 aliphatic carbocycles. The summed E-state index contributed by atoms with van der Waals surface area (Å²) in [5.41, 5.74) is 2.64. The maximum absolute atomic E-state index is 12.3. The first-order valence-electron chi connectivity index (χ1n) is 7.97. The molecule has 2 aromatic rings. The third kappa shape index (κ3) is 4.47. The van der Waals surface area contributed by atoms with Crippen LogP contribution in [0.5, 0.6) is 0 Å². The summed E-state index contributed by atoms with van der Waals surface area (Å²) >= 11 is 0. The molecule has 3 rings (SSSR count). The Morgan fingerprint density at radius 3 is 2.46 bits per heavy atom. The zero-order valence-corrected chi connectivity index (χ0v) is 14.7. The molecule has 0 saturated heterocycles. The van der Waals surface area contributed by atoms with E-state index in [1.54, 1.807) is 42.5 Å². The first kappa shape index (κ1) is 18.1. The van der Waals surface area contributed by atoms with E-state index in [0.29, 0.717) is 17.5 Å². The van der Waals surface area contributed by atoms with Gasteiger partial charge >= 0.3 is 5.97 Å². The van der Waals surface area contributed by atoms with Gasteiger partial charge in [0.15, 0.2) is 6.10 Å². The van der Waals surface area contributed by atoms with Gasteiger partial charge in [0.05, 0.1) is 11.3 Å². The van der Waals surface area contributed by atoms with Crippen LogP contribution in [-0.2, 0) is 38.3 Å². The van der Waals surface area contributed by atoms with Crippen molar-refractivity contribution in [3.63, 3.8) is 0 Å². The number of nitrogens with two attached hydrogens (primary N) is 1. The highest BCUT2D eigenvalue weighted by molar-refractivity contribution is 7.88. The zero-order chi connectivity index (χ0) is 18.7. The normalized spacial score (nSPS) is 16.5. The van der Waals surface area contributed by atoms with Gasteiger partial charge in [-0.25, -0.2) is 18.4 Å². The highest BCUT2D eigenvalue weighted by atomic mass is 32.2. The molecule has 136 valence electrons. The molecule has 8 heteroatoms. The summed E-state index contributed by atoms with van der Waals surface area (Å²) in [6.45, 7) is 0.240. The number of amides is 1. The summed E-state index contributed by atoms with van der Waals surface area (Å²) in [5, 5.41) is 7.73. The van der Waals surface area contributed by atoms with Gasteiger partial charge in [0.25, 0.3) is 5.91 Å². The number of cyclic esters (lactones) is 1. The van der Waals surface area contributed by atoms with Gasteiger partial charge in [-0.05, 0) is 22.8 Å². The minimum absolute atomic E-state index is 0.239. The number of nitrogens with one attached hydrogen (secondary N) is 1. The van der Waals surface area contributed by atoms with Crippen LogP contribution in [-0.4, -0.2) is 26.4 Å². The van der Waals surface area contributed by atoms with Gasteiger partial charge in [0.1, 0.15) is 0 Å². The molecule has 3 N–H and O–H groups in total. The number of hydrogen-bond donors (Lipinski definition) is 2. The third-order valence-corrected chi connectivity index (χ3v) is 4.78. The van der Waals surface area contributed by atoms with Gasteiger partial charge in [-0.3, -0.25) is 4.79 Å². The van der Waals surface area contributed by atoms with Crippen LogP contribution in [0.4, 0.5) is 0 Å². The number of carbonyl (C=O) groups is 2. The van der Waals surface area contributed by atoms with E-state index < -0.39 is 22.1 Å². The van der Waals surface area contributed by atoms with Crippen LogP contribution < -0.4 is 10.5 Å². The number of rotatable bonds is 5. The second kappa shape index (κ2) is 7.27. The molecule has 0 bridgehead atoms. The van der Waals surface area contributed by atoms with Crippen LogP contribution >= 0.6 is 0 Å². The second-order valence-electron chi connectivity index (χ2n) is 6.10. The molecule has 0 fully saturated rings. The fraction of sp³-hybridized carbons (Fsp3) is 0.222. The molecule has 1 heterocycles. The molecule has 7 nitrogen and oxygen atoms in total. The molecular weight excluding hydrogens is 356 g/mol. The summed E-state index contributed by atoms with van der Waals surface area (Å²) < 4.78 is 27.3. The van der Waals surface area contributed by atoms with E-state index in [1.807, 2.05) is 6.07 Å². The smallest absolute Gasteiger partial charge is 0.339 e. The van der Waals surface area contributed by atoms with E-state index in [2.05, 4.69) is 5.32 Å². The van der Waals surface area contributed by atoms with Crippen molar-refractivity contribution in [1.82, 2.24) is 5.32 Å². The molecular formula is C18H18N2O5S. The van der Waals surface area contributed by atoms with E-state index in [4.69, 9.17) is 9.88 Å². The Labute approximate surface area is 151 Å². The van der Waals surface area contributed by atoms with Crippen molar-refractivity contribution in [3.8, 4) is 0 Å². The number of sulfonamides is 1. The standard InChI is InChI=1S/C18H18N2O5S/c19-26(23,24)11-13-7-5-12(6-8-13)10-20-17(21)16-9-14-3-1-2-4-15(14)18(22)25-16/h1-8,16H,9-11H2,(H,20,21)(H2,19,23,24)/t16-/m0/s1. The molecule has 0 saturated carbocycles. The first-order chi connectivity index (χ1) is 12.3. The Kier molecular flexibility index (Phi) is 5.06. The van der Waals surface area contributed by atoms with Crippen molar-refractivity contribution < 1.29 is 22.7 Å². The average molecular weight is 374 g/mol. The minimum Gasteiger partial charge on any atom is -0.448 e. The van der Waals surface area contributed by atoms with E-state index in [9.17, 15) is 18.0 Å². The Morgan fingerprint density at radius 2 is 1.77 bits per heavy atom. The van der Waals surface area contributed by atoms with Crippen molar-refractivity contribution in [1.29, 1.82) is 0 Å². The number of hydrogen-bond acceptors (Lipinski definition) is 5. The van der Waals surface area contributed by atoms with Gasteiger partial charge in [-0.1, -0.05) is 42.5 Å². The van der Waals surface area contributed by atoms with Crippen molar-refractivity contribution >= 4 is 21.9 Å². The van der Waals surface area contributed by atoms with E-state index in [-0.39, 0.29) is 18.2 Å². The van der Waals surface area contributed by atoms with Crippen LogP contribution in [0.3, 0.4) is 0 Å². The van der Waals surface area contributed by atoms with Crippen LogP contribution in [0, 0.1) is 0 Å². The van der Waals surface area contributed by atoms with Crippen LogP contribution in [0.1, 0.15) is 27.0 Å². The van der Waals surface area contributed by atoms with Crippen molar-refractivity contribution in [3.05, 3.63) is 70.8 Å². The Morgan fingerprint density at radius 1 is 1.12 bits per heavy atom. The second-order valence-corrected chi connectivity index (χ2v) is 7.71. The fourth-order valence-electron chi connectivity index (χ4n) is 2.77. The molecule has 2 aromatic carbocycles. The quantitative estimate of drug-likeness (QED) is 0.754. The topological polar surface area (TPSA) is 116 Å². The SMILES string of the molecule is NS(=O)(=O)Cc1ccc(CNC(=O)[C@@H]2Cc3ccccc3C(=O)O2)cc1. The summed E-state index contributed by atoms with van der Waals surface area (Å²) in [4.78, 5) is 24.3. The molecule has 0 radical (unpaired) electrons. The summed E-state index contributed by atoms with van der Waals surface area (Å²) in [6, 6.07) is 13.8. The first-order valence-corrected chi connectivity index (χ1v) is 9.68. The molecule has 0 spiro atoms. The average Bonchev–Trinajstić information content (AvgIpc) is 2.59. The van der Waals surface area contributed by atoms with Gasteiger partial charge in [-0.15, -0.1) is 0 Å². The number of benzene rings is 2. The molecule has 1 aliphatic heterocycles. The summed E-state index contributed by atoms with van der Waals surface area (Å²) in [7, 11) is -3.58. The maximum atomic E-state index is 12.3. The Bertz CT molecular complexity index is 938. The molecule has 1 amide bonds. The highest BCUT2D eigenvalue weighted by Crippen LogP contribution is 2.20. The van der Waals surface area contributed by atoms with Crippen LogP contribution in [0.15, 0.2) is 48.5 Å². The lowest BCUT2D eigenvalue weighted by Gasteiger charge is -2.23. The van der Waals surface area contributed by atoms with Gasteiger partial charge < -0.3 is 10.1 Å². The van der Waals surface area contributed by atoms with Gasteiger partial charge in [0.2, 0.25) is 10.0 Å². The van der Waals surface area contributed by atoms with E-state index in [1.165, 1.54) is 0 Å². The van der Waals surface area contributed by atoms with Crippen molar-refractivity contribution in [2.24, 2.45) is 5.14 Å². The van der Waals surface area contributed by atoms with Crippen molar-refractivity contribution in [2.75, 3.05) is 0 Å². The number of ether oxygens (including phenoxy) is 1. The minimum atomic E-state index is -3.58. The Hall–Kier alpha value is -2.71. The number of esters is 1.